The number of fused-ring (bicyclic) bond motifs is 1. The molecule has 2 rings (SSSR count). The third kappa shape index (κ3) is 1.35. The number of rotatable bonds is 1. The lowest BCUT2D eigenvalue weighted by atomic mass is 9.79. The number of hydrogen-bond donors (Lipinski definition) is 0. The fourth-order valence-corrected chi connectivity index (χ4v) is 2.40. The highest BCUT2D eigenvalue weighted by Gasteiger charge is 2.26. The van der Waals surface area contributed by atoms with E-state index >= 15 is 0 Å². The quantitative estimate of drug-likeness (QED) is 0.517. The van der Waals surface area contributed by atoms with E-state index < -0.39 is 0 Å². The Morgan fingerprint density at radius 3 is 2.92 bits per heavy atom. The first-order valence-electron chi connectivity index (χ1n) is 5.13. The highest BCUT2D eigenvalue weighted by molar-refractivity contribution is 5.17. The molecule has 0 aliphatic heterocycles. The molecule has 0 saturated carbocycles. The summed E-state index contributed by atoms with van der Waals surface area (Å²) < 4.78 is 0. The van der Waals surface area contributed by atoms with Gasteiger partial charge >= 0.3 is 0 Å². The molecular weight excluding hydrogens is 144 g/mol. The summed E-state index contributed by atoms with van der Waals surface area (Å²) in [6.45, 7) is 4.62. The maximum atomic E-state index is 2.48. The Morgan fingerprint density at radius 2 is 2.17 bits per heavy atom. The molecule has 0 nitrogen and oxygen atoms in total. The second-order valence-electron chi connectivity index (χ2n) is 4.46. The average Bonchev–Trinajstić information content (AvgIpc) is 2.49. The Balaban J connectivity index is 2.08. The van der Waals surface area contributed by atoms with E-state index in [4.69, 9.17) is 0 Å². The zero-order valence-corrected chi connectivity index (χ0v) is 8.09. The molecule has 0 saturated heterocycles. The van der Waals surface area contributed by atoms with Crippen LogP contribution in [-0.4, -0.2) is 0 Å². The van der Waals surface area contributed by atoms with Crippen LogP contribution in [0.3, 0.4) is 0 Å². The van der Waals surface area contributed by atoms with Crippen molar-refractivity contribution in [3.05, 3.63) is 23.8 Å². The van der Waals surface area contributed by atoms with E-state index in [1.807, 2.05) is 0 Å². The Bertz CT molecular complexity index is 220. The largest absolute Gasteiger partial charge is 0.0879 e. The van der Waals surface area contributed by atoms with E-state index in [-0.39, 0.29) is 0 Å². The SMILES string of the molecule is CC(C)C1=CCC2CC=CC2C1. The van der Waals surface area contributed by atoms with Gasteiger partial charge in [-0.25, -0.2) is 0 Å². The zero-order valence-electron chi connectivity index (χ0n) is 8.09. The maximum absolute atomic E-state index is 2.48. The van der Waals surface area contributed by atoms with Crippen LogP contribution in [0.1, 0.15) is 33.1 Å². The van der Waals surface area contributed by atoms with Gasteiger partial charge in [0.1, 0.15) is 0 Å². The van der Waals surface area contributed by atoms with Gasteiger partial charge < -0.3 is 0 Å². The van der Waals surface area contributed by atoms with E-state index in [0.717, 1.165) is 17.8 Å². The van der Waals surface area contributed by atoms with E-state index in [9.17, 15) is 0 Å². The number of allylic oxidation sites excluding steroid dienone is 4. The van der Waals surface area contributed by atoms with Crippen LogP contribution < -0.4 is 0 Å². The Kier molecular flexibility index (Phi) is 2.08. The summed E-state index contributed by atoms with van der Waals surface area (Å²) in [6.07, 6.45) is 11.3. The van der Waals surface area contributed by atoms with Crippen molar-refractivity contribution < 1.29 is 0 Å². The molecular formula is C12H18. The summed E-state index contributed by atoms with van der Waals surface area (Å²) in [5.41, 5.74) is 1.68. The summed E-state index contributed by atoms with van der Waals surface area (Å²) in [7, 11) is 0. The highest BCUT2D eigenvalue weighted by Crippen LogP contribution is 2.39. The summed E-state index contributed by atoms with van der Waals surface area (Å²) in [5.74, 6) is 2.60. The van der Waals surface area contributed by atoms with Crippen molar-refractivity contribution in [2.45, 2.75) is 33.1 Å². The van der Waals surface area contributed by atoms with E-state index in [1.165, 1.54) is 19.3 Å². The molecule has 0 heteroatoms. The first-order chi connectivity index (χ1) is 5.77. The van der Waals surface area contributed by atoms with Crippen LogP contribution in [-0.2, 0) is 0 Å². The van der Waals surface area contributed by atoms with Crippen molar-refractivity contribution in [1.82, 2.24) is 0 Å². The molecule has 2 aliphatic carbocycles. The molecule has 0 bridgehead atoms. The van der Waals surface area contributed by atoms with Crippen molar-refractivity contribution in [3.63, 3.8) is 0 Å². The summed E-state index contributed by atoms with van der Waals surface area (Å²) >= 11 is 0. The third-order valence-electron chi connectivity index (χ3n) is 3.32. The lowest BCUT2D eigenvalue weighted by Gasteiger charge is -2.26. The molecule has 0 aromatic heterocycles. The topological polar surface area (TPSA) is 0 Å². The molecule has 0 aromatic carbocycles. The summed E-state index contributed by atoms with van der Waals surface area (Å²) in [6, 6.07) is 0. The van der Waals surface area contributed by atoms with Gasteiger partial charge in [0.25, 0.3) is 0 Å². The molecule has 12 heavy (non-hydrogen) atoms. The molecule has 0 radical (unpaired) electrons. The lowest BCUT2D eigenvalue weighted by molar-refractivity contribution is 0.390. The minimum Gasteiger partial charge on any atom is -0.0879 e. The average molecular weight is 162 g/mol. The van der Waals surface area contributed by atoms with Gasteiger partial charge in [-0.15, -0.1) is 0 Å². The van der Waals surface area contributed by atoms with Crippen molar-refractivity contribution in [2.24, 2.45) is 17.8 Å². The fourth-order valence-electron chi connectivity index (χ4n) is 2.40. The smallest absolute Gasteiger partial charge is 0.0162 e. The van der Waals surface area contributed by atoms with Gasteiger partial charge in [-0.05, 0) is 37.0 Å². The molecule has 0 spiro atoms. The maximum Gasteiger partial charge on any atom is -0.0162 e. The molecule has 0 heterocycles. The molecule has 0 amide bonds. The van der Waals surface area contributed by atoms with Gasteiger partial charge in [0.15, 0.2) is 0 Å². The standard InChI is InChI=1S/C12H18/c1-9(2)11-7-6-10-4-3-5-12(10)8-11/h3,5,7,9-10,12H,4,6,8H2,1-2H3. The van der Waals surface area contributed by atoms with Gasteiger partial charge in [-0.1, -0.05) is 37.6 Å². The Morgan fingerprint density at radius 1 is 1.33 bits per heavy atom. The molecule has 0 N–H and O–H groups in total. The highest BCUT2D eigenvalue weighted by atomic mass is 14.3. The summed E-state index contributed by atoms with van der Waals surface area (Å²) in [4.78, 5) is 0. The van der Waals surface area contributed by atoms with Gasteiger partial charge in [0.2, 0.25) is 0 Å². The predicted molar refractivity (Wildman–Crippen MR) is 52.9 cm³/mol. The van der Waals surface area contributed by atoms with Crippen molar-refractivity contribution in [3.8, 4) is 0 Å². The van der Waals surface area contributed by atoms with Crippen LogP contribution in [0.25, 0.3) is 0 Å². The van der Waals surface area contributed by atoms with Gasteiger partial charge in [0.05, 0.1) is 0 Å². The van der Waals surface area contributed by atoms with E-state index in [2.05, 4.69) is 32.1 Å². The van der Waals surface area contributed by atoms with Crippen LogP contribution in [0.15, 0.2) is 23.8 Å². The lowest BCUT2D eigenvalue weighted by Crippen LogP contribution is -2.15. The molecule has 2 atom stereocenters. The first kappa shape index (κ1) is 8.10. The van der Waals surface area contributed by atoms with Crippen molar-refractivity contribution in [1.29, 1.82) is 0 Å². The van der Waals surface area contributed by atoms with E-state index in [1.54, 1.807) is 5.57 Å². The molecule has 0 fully saturated rings. The van der Waals surface area contributed by atoms with E-state index in [0.29, 0.717) is 0 Å². The Labute approximate surface area is 75.4 Å². The van der Waals surface area contributed by atoms with Crippen molar-refractivity contribution in [2.75, 3.05) is 0 Å². The van der Waals surface area contributed by atoms with Crippen LogP contribution >= 0.6 is 0 Å². The number of hydrogen-bond acceptors (Lipinski definition) is 0. The minimum atomic E-state index is 0.764. The Hall–Kier alpha value is -0.520. The normalized spacial score (nSPS) is 33.8. The van der Waals surface area contributed by atoms with Crippen LogP contribution in [0.4, 0.5) is 0 Å². The van der Waals surface area contributed by atoms with Gasteiger partial charge in [0, 0.05) is 0 Å². The monoisotopic (exact) mass is 162 g/mol. The molecule has 2 aliphatic rings. The zero-order chi connectivity index (χ0) is 8.55. The van der Waals surface area contributed by atoms with Gasteiger partial charge in [-0.2, -0.15) is 0 Å². The second-order valence-corrected chi connectivity index (χ2v) is 4.46. The summed E-state index contributed by atoms with van der Waals surface area (Å²) in [5, 5.41) is 0. The first-order valence-corrected chi connectivity index (χ1v) is 5.13. The van der Waals surface area contributed by atoms with Crippen LogP contribution in [0, 0.1) is 17.8 Å². The second kappa shape index (κ2) is 3.08. The molecule has 0 aromatic rings. The van der Waals surface area contributed by atoms with Crippen LogP contribution in [0.5, 0.6) is 0 Å². The molecule has 66 valence electrons. The predicted octanol–water partition coefficient (Wildman–Crippen LogP) is 3.55. The minimum absolute atomic E-state index is 0.764. The van der Waals surface area contributed by atoms with Gasteiger partial charge in [-0.3, -0.25) is 0 Å². The molecule has 2 unspecified atom stereocenters. The van der Waals surface area contributed by atoms with Crippen molar-refractivity contribution >= 4 is 0 Å². The third-order valence-corrected chi connectivity index (χ3v) is 3.32. The fraction of sp³-hybridized carbons (Fsp3) is 0.667. The van der Waals surface area contributed by atoms with Crippen LogP contribution in [0.2, 0.25) is 0 Å².